The van der Waals surface area contributed by atoms with Gasteiger partial charge in [0.2, 0.25) is 0 Å². The molecule has 0 spiro atoms. The van der Waals surface area contributed by atoms with Crippen LogP contribution in [0.4, 0.5) is 5.69 Å². The van der Waals surface area contributed by atoms with Crippen molar-refractivity contribution in [1.29, 1.82) is 0 Å². The van der Waals surface area contributed by atoms with Crippen LogP contribution in [0.15, 0.2) is 82.6 Å². The molecular weight excluding hydrogens is 430 g/mol. The molecule has 0 radical (unpaired) electrons. The van der Waals surface area contributed by atoms with Crippen molar-refractivity contribution in [3.05, 3.63) is 78.4 Å². The van der Waals surface area contributed by atoms with Gasteiger partial charge in [0.05, 0.1) is 11.3 Å². The van der Waals surface area contributed by atoms with Gasteiger partial charge in [0, 0.05) is 15.4 Å². The lowest BCUT2D eigenvalue weighted by molar-refractivity contribution is -0.139. The molecule has 4 aromatic rings. The Balaban J connectivity index is 1.51. The number of carboxylic acids is 1. The highest BCUT2D eigenvalue weighted by molar-refractivity contribution is 7.99. The van der Waals surface area contributed by atoms with Crippen molar-refractivity contribution in [2.45, 2.75) is 9.79 Å². The third-order valence-corrected chi connectivity index (χ3v) is 5.40. The van der Waals surface area contributed by atoms with Gasteiger partial charge in [-0.2, -0.15) is 0 Å². The number of hydrogen-bond acceptors (Lipinski definition) is 7. The lowest BCUT2D eigenvalue weighted by Crippen LogP contribution is -2.16. The van der Waals surface area contributed by atoms with Crippen molar-refractivity contribution >= 4 is 29.3 Å². The van der Waals surface area contributed by atoms with Gasteiger partial charge in [-0.25, -0.2) is 9.89 Å². The number of ether oxygens (including phenoxy) is 1. The predicted octanol–water partition coefficient (Wildman–Crippen LogP) is 3.73. The topological polar surface area (TPSA) is 130 Å². The number of amides is 1. The first-order valence-corrected chi connectivity index (χ1v) is 10.3. The van der Waals surface area contributed by atoms with Gasteiger partial charge in [-0.15, -0.1) is 5.10 Å². The number of aromatic nitrogens is 4. The normalized spacial score (nSPS) is 10.5. The second-order valence-corrected chi connectivity index (χ2v) is 7.62. The number of anilines is 1. The van der Waals surface area contributed by atoms with Gasteiger partial charge in [0.15, 0.2) is 12.4 Å². The van der Waals surface area contributed by atoms with E-state index in [9.17, 15) is 9.59 Å². The molecule has 0 unspecified atom stereocenters. The summed E-state index contributed by atoms with van der Waals surface area (Å²) < 4.78 is 5.24. The fourth-order valence-corrected chi connectivity index (χ4v) is 3.76. The second kappa shape index (κ2) is 9.75. The molecule has 0 aliphatic carbocycles. The summed E-state index contributed by atoms with van der Waals surface area (Å²) in [6, 6.07) is 21.6. The molecule has 9 nitrogen and oxygen atoms in total. The van der Waals surface area contributed by atoms with Crippen LogP contribution in [0.1, 0.15) is 10.4 Å². The Morgan fingerprint density at radius 3 is 2.50 bits per heavy atom. The summed E-state index contributed by atoms with van der Waals surface area (Å²) in [5.41, 5.74) is 1.73. The van der Waals surface area contributed by atoms with Crippen molar-refractivity contribution in [2.75, 3.05) is 11.9 Å². The van der Waals surface area contributed by atoms with Gasteiger partial charge in [-0.1, -0.05) is 48.2 Å². The third-order valence-electron chi connectivity index (χ3n) is 4.32. The number of nitrogens with one attached hydrogen (secondary N) is 2. The van der Waals surface area contributed by atoms with Gasteiger partial charge in [-0.3, -0.25) is 4.79 Å². The summed E-state index contributed by atoms with van der Waals surface area (Å²) in [7, 11) is 0. The number of carbonyl (C=O) groups excluding carboxylic acids is 1. The summed E-state index contributed by atoms with van der Waals surface area (Å²) in [6.07, 6.45) is 0. The molecule has 1 heterocycles. The van der Waals surface area contributed by atoms with Crippen LogP contribution in [0.3, 0.4) is 0 Å². The van der Waals surface area contributed by atoms with E-state index in [1.807, 2.05) is 42.5 Å². The van der Waals surface area contributed by atoms with Crippen molar-refractivity contribution < 1.29 is 19.4 Å². The number of carbonyl (C=O) groups is 2. The Bertz CT molecular complexity index is 1230. The van der Waals surface area contributed by atoms with E-state index in [1.54, 1.807) is 30.3 Å². The molecule has 0 atom stereocenters. The molecule has 32 heavy (non-hydrogen) atoms. The Labute approximate surface area is 186 Å². The van der Waals surface area contributed by atoms with E-state index < -0.39 is 18.5 Å². The summed E-state index contributed by atoms with van der Waals surface area (Å²) in [6.45, 7) is -0.531. The zero-order chi connectivity index (χ0) is 22.3. The van der Waals surface area contributed by atoms with E-state index in [2.05, 4.69) is 25.9 Å². The monoisotopic (exact) mass is 447 g/mol. The molecule has 4 rings (SSSR count). The molecule has 1 amide bonds. The fraction of sp³-hybridized carbons (Fsp3) is 0.0455. The highest BCUT2D eigenvalue weighted by atomic mass is 32.2. The number of H-pyrrole nitrogens is 1. The van der Waals surface area contributed by atoms with Crippen molar-refractivity contribution in [2.24, 2.45) is 0 Å². The number of para-hydroxylation sites is 2. The van der Waals surface area contributed by atoms with Crippen LogP contribution in [0.2, 0.25) is 0 Å². The van der Waals surface area contributed by atoms with E-state index in [-0.39, 0.29) is 11.3 Å². The molecule has 3 aromatic carbocycles. The van der Waals surface area contributed by atoms with Crippen molar-refractivity contribution in [1.82, 2.24) is 20.6 Å². The minimum Gasteiger partial charge on any atom is -0.481 e. The Morgan fingerprint density at radius 2 is 1.75 bits per heavy atom. The first-order valence-electron chi connectivity index (χ1n) is 9.46. The molecule has 160 valence electrons. The zero-order valence-electron chi connectivity index (χ0n) is 16.6. The number of benzene rings is 3. The van der Waals surface area contributed by atoms with Gasteiger partial charge in [-0.05, 0) is 46.8 Å². The minimum atomic E-state index is -1.12. The highest BCUT2D eigenvalue weighted by Crippen LogP contribution is 2.34. The van der Waals surface area contributed by atoms with Crippen LogP contribution < -0.4 is 10.1 Å². The van der Waals surface area contributed by atoms with E-state index in [4.69, 9.17) is 9.84 Å². The van der Waals surface area contributed by atoms with Crippen LogP contribution in [-0.2, 0) is 4.79 Å². The molecule has 0 aliphatic heterocycles. The first-order chi connectivity index (χ1) is 15.6. The lowest BCUT2D eigenvalue weighted by Gasteiger charge is -2.13. The largest absolute Gasteiger partial charge is 0.481 e. The van der Waals surface area contributed by atoms with Gasteiger partial charge in [0.25, 0.3) is 5.91 Å². The quantitative estimate of drug-likeness (QED) is 0.372. The molecule has 0 aliphatic rings. The Hall–Kier alpha value is -4.18. The van der Waals surface area contributed by atoms with Crippen LogP contribution in [0.5, 0.6) is 5.75 Å². The van der Waals surface area contributed by atoms with E-state index in [1.165, 1.54) is 11.8 Å². The van der Waals surface area contributed by atoms with Gasteiger partial charge in [0.1, 0.15) is 5.75 Å². The minimum absolute atomic E-state index is 0.204. The molecule has 10 heteroatoms. The number of aliphatic carboxylic acids is 1. The average Bonchev–Trinajstić information content (AvgIpc) is 3.35. The van der Waals surface area contributed by atoms with Crippen molar-refractivity contribution in [3.63, 3.8) is 0 Å². The lowest BCUT2D eigenvalue weighted by atomic mass is 10.2. The standard InChI is InChI=1S/C22H17N5O4S/c28-20(29)13-31-18-7-3-1-5-16(18)22(30)23-17-6-2-4-8-19(17)32-15-11-9-14(10-12-15)21-24-26-27-25-21/h1-12H,13H2,(H,23,30)(H,28,29)(H,24,25,26,27). The summed E-state index contributed by atoms with van der Waals surface area (Å²) in [5, 5.41) is 25.5. The number of hydrogen-bond donors (Lipinski definition) is 3. The first kappa shape index (κ1) is 21.1. The van der Waals surface area contributed by atoms with Crippen molar-refractivity contribution in [3.8, 4) is 17.1 Å². The fourth-order valence-electron chi connectivity index (χ4n) is 2.86. The maximum absolute atomic E-state index is 12.9. The molecule has 0 saturated heterocycles. The second-order valence-electron chi connectivity index (χ2n) is 6.51. The molecule has 0 bridgehead atoms. The average molecular weight is 447 g/mol. The van der Waals surface area contributed by atoms with Gasteiger partial charge >= 0.3 is 5.97 Å². The van der Waals surface area contributed by atoms with E-state index >= 15 is 0 Å². The smallest absolute Gasteiger partial charge is 0.341 e. The van der Waals surface area contributed by atoms with Crippen LogP contribution in [-0.4, -0.2) is 44.2 Å². The summed E-state index contributed by atoms with van der Waals surface area (Å²) in [5.74, 6) is -0.729. The maximum Gasteiger partial charge on any atom is 0.341 e. The molecule has 0 fully saturated rings. The number of carboxylic acid groups (broad SMARTS) is 1. The molecular formula is C22H17N5O4S. The predicted molar refractivity (Wildman–Crippen MR) is 118 cm³/mol. The van der Waals surface area contributed by atoms with Crippen LogP contribution >= 0.6 is 11.8 Å². The van der Waals surface area contributed by atoms with E-state index in [0.717, 1.165) is 15.4 Å². The zero-order valence-corrected chi connectivity index (χ0v) is 17.4. The SMILES string of the molecule is O=C(O)COc1ccccc1C(=O)Nc1ccccc1Sc1ccc(-c2nnn[nH]2)cc1. The number of aromatic amines is 1. The summed E-state index contributed by atoms with van der Waals surface area (Å²) in [4.78, 5) is 25.5. The van der Waals surface area contributed by atoms with Crippen LogP contribution in [0, 0.1) is 0 Å². The number of nitrogens with zero attached hydrogens (tertiary/aromatic N) is 3. The Morgan fingerprint density at radius 1 is 1.00 bits per heavy atom. The molecule has 3 N–H and O–H groups in total. The third kappa shape index (κ3) is 5.10. The van der Waals surface area contributed by atoms with Crippen LogP contribution in [0.25, 0.3) is 11.4 Å². The molecule has 1 aromatic heterocycles. The highest BCUT2D eigenvalue weighted by Gasteiger charge is 2.15. The summed E-state index contributed by atoms with van der Waals surface area (Å²) >= 11 is 1.49. The number of rotatable bonds is 8. The number of tetrazole rings is 1. The maximum atomic E-state index is 12.9. The Kier molecular flexibility index (Phi) is 6.42. The van der Waals surface area contributed by atoms with E-state index in [0.29, 0.717) is 11.5 Å². The van der Waals surface area contributed by atoms with Gasteiger partial charge < -0.3 is 15.2 Å². The molecule has 0 saturated carbocycles.